The van der Waals surface area contributed by atoms with Gasteiger partial charge in [0.1, 0.15) is 0 Å². The summed E-state index contributed by atoms with van der Waals surface area (Å²) in [6, 6.07) is 10.1. The highest BCUT2D eigenvalue weighted by atomic mass is 32.1. The van der Waals surface area contributed by atoms with E-state index in [-0.39, 0.29) is 5.97 Å². The van der Waals surface area contributed by atoms with E-state index in [0.29, 0.717) is 18.2 Å². The summed E-state index contributed by atoms with van der Waals surface area (Å²) in [6.45, 7) is 2.17. The summed E-state index contributed by atoms with van der Waals surface area (Å²) in [6.07, 6.45) is 7.94. The van der Waals surface area contributed by atoms with Gasteiger partial charge in [-0.3, -0.25) is 4.98 Å². The third-order valence-electron chi connectivity index (χ3n) is 4.92. The molecule has 1 aliphatic carbocycles. The summed E-state index contributed by atoms with van der Waals surface area (Å²) < 4.78 is 5.26. The van der Waals surface area contributed by atoms with Crippen LogP contribution in [0.2, 0.25) is 0 Å². The van der Waals surface area contributed by atoms with Gasteiger partial charge >= 0.3 is 5.97 Å². The van der Waals surface area contributed by atoms with Crippen molar-refractivity contribution in [3.63, 3.8) is 0 Å². The van der Waals surface area contributed by atoms with Crippen LogP contribution in [0.4, 0.5) is 0 Å². The lowest BCUT2D eigenvalue weighted by molar-refractivity contribution is 0.0521. The molecule has 0 radical (unpaired) electrons. The number of aromatic nitrogens is 2. The summed E-state index contributed by atoms with van der Waals surface area (Å²) in [5.74, 6) is 0.123. The van der Waals surface area contributed by atoms with Crippen molar-refractivity contribution in [1.29, 1.82) is 0 Å². The molecule has 0 amide bonds. The molecule has 5 heteroatoms. The van der Waals surface area contributed by atoms with Gasteiger partial charge in [0, 0.05) is 23.1 Å². The number of hydrogen-bond acceptors (Lipinski definition) is 5. The molecular weight excluding hydrogens is 344 g/mol. The number of para-hydroxylation sites is 1. The molecule has 0 atom stereocenters. The fraction of sp³-hybridized carbons (Fsp3) is 0.381. The zero-order chi connectivity index (χ0) is 17.9. The van der Waals surface area contributed by atoms with Gasteiger partial charge in [0.05, 0.1) is 22.0 Å². The second-order valence-electron chi connectivity index (χ2n) is 6.70. The number of rotatable bonds is 4. The van der Waals surface area contributed by atoms with Gasteiger partial charge in [-0.05, 0) is 31.9 Å². The molecule has 4 rings (SSSR count). The van der Waals surface area contributed by atoms with Crippen molar-refractivity contribution in [2.24, 2.45) is 0 Å². The predicted octanol–water partition coefficient (Wildman–Crippen LogP) is 5.58. The molecule has 1 aromatic carbocycles. The standard InChI is InChI=1S/C21H22N2O2S/c1-2-25-21(24)18-19(26-20(23-18)14-8-4-3-5-9-14)16-12-15-10-6-7-11-17(15)22-13-16/h6-7,10-14H,2-5,8-9H2,1H3. The van der Waals surface area contributed by atoms with Crippen molar-refractivity contribution >= 4 is 28.2 Å². The number of carbonyl (C=O) groups excluding carboxylic acids is 1. The Labute approximate surface area is 157 Å². The number of hydrogen-bond donors (Lipinski definition) is 0. The second kappa shape index (κ2) is 7.54. The third kappa shape index (κ3) is 3.36. The highest BCUT2D eigenvalue weighted by Crippen LogP contribution is 2.40. The number of pyridine rings is 1. The van der Waals surface area contributed by atoms with E-state index in [4.69, 9.17) is 9.72 Å². The first-order valence-electron chi connectivity index (χ1n) is 9.29. The maximum Gasteiger partial charge on any atom is 0.358 e. The molecule has 1 aliphatic rings. The van der Waals surface area contributed by atoms with Crippen LogP contribution in [0.25, 0.3) is 21.3 Å². The van der Waals surface area contributed by atoms with E-state index in [9.17, 15) is 4.79 Å². The molecule has 0 N–H and O–H groups in total. The molecule has 0 unspecified atom stereocenters. The zero-order valence-corrected chi connectivity index (χ0v) is 15.7. The van der Waals surface area contributed by atoms with Gasteiger partial charge in [0.2, 0.25) is 0 Å². The Morgan fingerprint density at radius 3 is 2.85 bits per heavy atom. The molecule has 0 bridgehead atoms. The fourth-order valence-corrected chi connectivity index (χ4v) is 4.79. The van der Waals surface area contributed by atoms with E-state index < -0.39 is 0 Å². The molecule has 26 heavy (non-hydrogen) atoms. The van der Waals surface area contributed by atoms with Crippen LogP contribution >= 0.6 is 11.3 Å². The van der Waals surface area contributed by atoms with Gasteiger partial charge in [0.25, 0.3) is 0 Å². The van der Waals surface area contributed by atoms with Crippen molar-refractivity contribution < 1.29 is 9.53 Å². The Balaban J connectivity index is 1.78. The lowest BCUT2D eigenvalue weighted by Crippen LogP contribution is -2.08. The molecule has 134 valence electrons. The first-order valence-corrected chi connectivity index (χ1v) is 10.1. The zero-order valence-electron chi connectivity index (χ0n) is 14.9. The Kier molecular flexibility index (Phi) is 4.98. The van der Waals surface area contributed by atoms with E-state index in [1.807, 2.05) is 37.4 Å². The Morgan fingerprint density at radius 2 is 2.04 bits per heavy atom. The molecule has 0 spiro atoms. The second-order valence-corrected chi connectivity index (χ2v) is 7.73. The lowest BCUT2D eigenvalue weighted by atomic mass is 9.90. The van der Waals surface area contributed by atoms with Gasteiger partial charge < -0.3 is 4.74 Å². The van der Waals surface area contributed by atoms with Gasteiger partial charge in [-0.25, -0.2) is 9.78 Å². The van der Waals surface area contributed by atoms with Crippen molar-refractivity contribution in [3.8, 4) is 10.4 Å². The van der Waals surface area contributed by atoms with Crippen LogP contribution < -0.4 is 0 Å². The number of ether oxygens (including phenoxy) is 1. The van der Waals surface area contributed by atoms with E-state index in [1.54, 1.807) is 11.3 Å². The van der Waals surface area contributed by atoms with Crippen LogP contribution in [-0.2, 0) is 4.74 Å². The molecule has 3 aromatic rings. The maximum absolute atomic E-state index is 12.5. The lowest BCUT2D eigenvalue weighted by Gasteiger charge is -2.18. The summed E-state index contributed by atoms with van der Waals surface area (Å²) in [5, 5.41) is 2.13. The van der Waals surface area contributed by atoms with Gasteiger partial charge in [-0.2, -0.15) is 0 Å². The van der Waals surface area contributed by atoms with E-state index >= 15 is 0 Å². The van der Waals surface area contributed by atoms with Gasteiger partial charge in [0.15, 0.2) is 5.69 Å². The van der Waals surface area contributed by atoms with E-state index in [1.165, 1.54) is 19.3 Å². The number of esters is 1. The highest BCUT2D eigenvalue weighted by Gasteiger charge is 2.26. The SMILES string of the molecule is CCOC(=O)c1nc(C2CCCCC2)sc1-c1cnc2ccccc2c1. The summed E-state index contributed by atoms with van der Waals surface area (Å²) in [5.41, 5.74) is 2.33. The summed E-state index contributed by atoms with van der Waals surface area (Å²) in [4.78, 5) is 22.7. The van der Waals surface area contributed by atoms with E-state index in [2.05, 4.69) is 11.1 Å². The number of fused-ring (bicyclic) bond motifs is 1. The normalized spacial score (nSPS) is 15.3. The summed E-state index contributed by atoms with van der Waals surface area (Å²) in [7, 11) is 0. The van der Waals surface area contributed by atoms with Crippen LogP contribution in [0.5, 0.6) is 0 Å². The highest BCUT2D eigenvalue weighted by molar-refractivity contribution is 7.15. The maximum atomic E-state index is 12.5. The average Bonchev–Trinajstić information content (AvgIpc) is 3.14. The minimum absolute atomic E-state index is 0.339. The van der Waals surface area contributed by atoms with Gasteiger partial charge in [-0.15, -0.1) is 11.3 Å². The molecule has 0 saturated heterocycles. The van der Waals surface area contributed by atoms with Crippen LogP contribution in [0.15, 0.2) is 36.5 Å². The topological polar surface area (TPSA) is 52.1 Å². The number of thiazole rings is 1. The largest absolute Gasteiger partial charge is 0.461 e. The smallest absolute Gasteiger partial charge is 0.358 e. The number of benzene rings is 1. The van der Waals surface area contributed by atoms with Gasteiger partial charge in [-0.1, -0.05) is 37.5 Å². The van der Waals surface area contributed by atoms with Crippen molar-refractivity contribution in [2.75, 3.05) is 6.61 Å². The van der Waals surface area contributed by atoms with Crippen LogP contribution in [-0.4, -0.2) is 22.5 Å². The average molecular weight is 366 g/mol. The number of carbonyl (C=O) groups is 1. The van der Waals surface area contributed by atoms with Crippen LogP contribution in [0.1, 0.15) is 60.4 Å². The molecule has 4 nitrogen and oxygen atoms in total. The first kappa shape index (κ1) is 17.2. The first-order chi connectivity index (χ1) is 12.8. The molecule has 0 aliphatic heterocycles. The molecule has 2 aromatic heterocycles. The minimum atomic E-state index is -0.339. The quantitative estimate of drug-likeness (QED) is 0.565. The molecular formula is C21H22N2O2S. The Morgan fingerprint density at radius 1 is 1.23 bits per heavy atom. The Bertz CT molecular complexity index is 929. The molecule has 2 heterocycles. The van der Waals surface area contributed by atoms with Crippen LogP contribution in [0, 0.1) is 0 Å². The van der Waals surface area contributed by atoms with E-state index in [0.717, 1.165) is 39.2 Å². The number of nitrogens with zero attached hydrogens (tertiary/aromatic N) is 2. The van der Waals surface area contributed by atoms with Crippen molar-refractivity contribution in [2.45, 2.75) is 44.9 Å². The molecule has 1 fully saturated rings. The predicted molar refractivity (Wildman–Crippen MR) is 105 cm³/mol. The summed E-state index contributed by atoms with van der Waals surface area (Å²) >= 11 is 1.63. The molecule has 1 saturated carbocycles. The Hall–Kier alpha value is -2.27. The van der Waals surface area contributed by atoms with Crippen molar-refractivity contribution in [3.05, 3.63) is 47.2 Å². The van der Waals surface area contributed by atoms with Crippen molar-refractivity contribution in [1.82, 2.24) is 9.97 Å². The fourth-order valence-electron chi connectivity index (χ4n) is 3.59. The van der Waals surface area contributed by atoms with Crippen LogP contribution in [0.3, 0.4) is 0 Å². The third-order valence-corrected chi connectivity index (χ3v) is 6.19. The monoisotopic (exact) mass is 366 g/mol. The minimum Gasteiger partial charge on any atom is -0.461 e.